The lowest BCUT2D eigenvalue weighted by atomic mass is 10.0. The minimum absolute atomic E-state index is 0.0703. The molecule has 0 spiro atoms. The Morgan fingerprint density at radius 3 is 2.31 bits per heavy atom. The molecule has 4 heteroatoms. The lowest BCUT2D eigenvalue weighted by molar-refractivity contribution is 0.0935. The molecule has 0 fully saturated rings. The number of aromatic nitrogens is 2. The molecule has 4 nitrogen and oxygen atoms in total. The summed E-state index contributed by atoms with van der Waals surface area (Å²) < 4.78 is 1.86. The summed E-state index contributed by atoms with van der Waals surface area (Å²) >= 11 is 0. The number of nitrogens with one attached hydrogen (secondary N) is 1. The van der Waals surface area contributed by atoms with E-state index in [2.05, 4.69) is 25.7 Å². The quantitative estimate of drug-likeness (QED) is 0.393. The molecule has 0 bridgehead atoms. The number of allylic oxidation sites excluding steroid dienone is 5. The second-order valence-electron chi connectivity index (χ2n) is 7.47. The van der Waals surface area contributed by atoms with Gasteiger partial charge in [0.15, 0.2) is 0 Å². The average Bonchev–Trinajstić information content (AvgIpc) is 3.23. The van der Waals surface area contributed by atoms with E-state index >= 15 is 0 Å². The van der Waals surface area contributed by atoms with Crippen molar-refractivity contribution >= 4 is 11.6 Å². The maximum absolute atomic E-state index is 13.7. The second kappa shape index (κ2) is 11.1. The number of rotatable bonds is 9. The Kier molecular flexibility index (Phi) is 7.98. The third-order valence-corrected chi connectivity index (χ3v) is 5.38. The summed E-state index contributed by atoms with van der Waals surface area (Å²) in [5.74, 6) is -0.110. The number of benzene rings is 2. The fraction of sp³-hybridized carbons (Fsp3) is 0.214. The molecule has 1 atom stereocenters. The molecule has 0 saturated carbocycles. The highest BCUT2D eigenvalue weighted by molar-refractivity contribution is 6.01. The van der Waals surface area contributed by atoms with Crippen LogP contribution in [-0.2, 0) is 6.42 Å². The summed E-state index contributed by atoms with van der Waals surface area (Å²) in [6.45, 7) is 9.93. The minimum atomic E-state index is -0.110. The van der Waals surface area contributed by atoms with Crippen molar-refractivity contribution in [2.75, 3.05) is 0 Å². The summed E-state index contributed by atoms with van der Waals surface area (Å²) in [4.78, 5) is 13.7. The van der Waals surface area contributed by atoms with E-state index in [1.807, 2.05) is 90.5 Å². The van der Waals surface area contributed by atoms with Crippen molar-refractivity contribution in [2.24, 2.45) is 0 Å². The molecule has 0 aliphatic rings. The first-order chi connectivity index (χ1) is 15.6. The van der Waals surface area contributed by atoms with Crippen LogP contribution in [0.1, 0.15) is 54.8 Å². The molecule has 0 saturated heterocycles. The van der Waals surface area contributed by atoms with Crippen LogP contribution in [0.3, 0.4) is 0 Å². The van der Waals surface area contributed by atoms with Gasteiger partial charge in [-0.05, 0) is 37.5 Å². The molecule has 0 aliphatic heterocycles. The Morgan fingerprint density at radius 1 is 1.09 bits per heavy atom. The van der Waals surface area contributed by atoms with Gasteiger partial charge in [0, 0.05) is 5.56 Å². The Balaban J connectivity index is 2.15. The molecule has 0 aliphatic carbocycles. The fourth-order valence-corrected chi connectivity index (χ4v) is 3.85. The van der Waals surface area contributed by atoms with Crippen molar-refractivity contribution in [1.82, 2.24) is 15.1 Å². The fourth-order valence-electron chi connectivity index (χ4n) is 3.85. The smallest absolute Gasteiger partial charge is 0.255 e. The van der Waals surface area contributed by atoms with Crippen molar-refractivity contribution in [3.63, 3.8) is 0 Å². The van der Waals surface area contributed by atoms with E-state index in [1.54, 1.807) is 6.08 Å². The molecule has 1 unspecified atom stereocenters. The van der Waals surface area contributed by atoms with E-state index in [0.29, 0.717) is 17.7 Å². The summed E-state index contributed by atoms with van der Waals surface area (Å²) in [7, 11) is 0. The van der Waals surface area contributed by atoms with Crippen molar-refractivity contribution < 1.29 is 4.79 Å². The molecule has 1 amide bonds. The topological polar surface area (TPSA) is 46.9 Å². The Morgan fingerprint density at radius 2 is 1.75 bits per heavy atom. The second-order valence-corrected chi connectivity index (χ2v) is 7.47. The third kappa shape index (κ3) is 4.97. The summed E-state index contributed by atoms with van der Waals surface area (Å²) in [5.41, 5.74) is 5.05. The van der Waals surface area contributed by atoms with Crippen LogP contribution in [0, 0.1) is 0 Å². The van der Waals surface area contributed by atoms with E-state index in [-0.39, 0.29) is 11.9 Å². The van der Waals surface area contributed by atoms with Crippen LogP contribution in [0.15, 0.2) is 91.5 Å². The largest absolute Gasteiger partial charge is 0.345 e. The number of amides is 1. The molecule has 164 valence electrons. The number of carbonyl (C=O) groups is 1. The first-order valence-electron chi connectivity index (χ1n) is 11.1. The molecule has 32 heavy (non-hydrogen) atoms. The first-order valence-corrected chi connectivity index (χ1v) is 11.1. The van der Waals surface area contributed by atoms with Gasteiger partial charge in [-0.15, -0.1) is 0 Å². The Bertz CT molecular complexity index is 1110. The molecule has 3 rings (SSSR count). The van der Waals surface area contributed by atoms with Gasteiger partial charge in [0.2, 0.25) is 0 Å². The zero-order chi connectivity index (χ0) is 22.9. The van der Waals surface area contributed by atoms with Crippen molar-refractivity contribution in [2.45, 2.75) is 39.7 Å². The SMILES string of the molecule is C=C/C=C(\C=C/C)n1nc(-c2ccccc2)c(C(=O)NC(CC)c2ccccc2)c1CC. The predicted octanol–water partition coefficient (Wildman–Crippen LogP) is 6.60. The minimum Gasteiger partial charge on any atom is -0.345 e. The van der Waals surface area contributed by atoms with Gasteiger partial charge in [0.1, 0.15) is 5.69 Å². The lowest BCUT2D eigenvalue weighted by Gasteiger charge is -2.18. The van der Waals surface area contributed by atoms with Crippen molar-refractivity contribution in [3.8, 4) is 11.3 Å². The van der Waals surface area contributed by atoms with Gasteiger partial charge < -0.3 is 5.32 Å². The Hall–Kier alpha value is -3.66. The number of hydrogen-bond acceptors (Lipinski definition) is 2. The molecule has 1 N–H and O–H groups in total. The van der Waals surface area contributed by atoms with E-state index in [4.69, 9.17) is 5.10 Å². The number of carbonyl (C=O) groups excluding carboxylic acids is 1. The Labute approximate surface area is 191 Å². The highest BCUT2D eigenvalue weighted by atomic mass is 16.1. The van der Waals surface area contributed by atoms with Crippen molar-refractivity contribution in [3.05, 3.63) is 108 Å². The van der Waals surface area contributed by atoms with Crippen LogP contribution < -0.4 is 5.32 Å². The standard InChI is InChI=1S/C28H31N3O/c1-5-15-23(16-6-2)31-25(8-4)26(27(30-31)22-19-13-10-14-20-22)28(32)29-24(7-3)21-17-11-9-12-18-21/h5-6,9-20,24H,1,7-8H2,2-4H3,(H,29,32)/b16-6-,23-15+. The van der Waals surface area contributed by atoms with Crippen molar-refractivity contribution in [1.29, 1.82) is 0 Å². The highest BCUT2D eigenvalue weighted by Gasteiger charge is 2.26. The number of nitrogens with zero attached hydrogens (tertiary/aromatic N) is 2. The zero-order valence-corrected chi connectivity index (χ0v) is 19.1. The van der Waals surface area contributed by atoms with Gasteiger partial charge in [-0.1, -0.05) is 93.2 Å². The molecule has 2 aromatic carbocycles. The van der Waals surface area contributed by atoms with Gasteiger partial charge in [-0.2, -0.15) is 5.10 Å². The van der Waals surface area contributed by atoms with E-state index in [9.17, 15) is 4.79 Å². The normalized spacial score (nSPS) is 12.7. The van der Waals surface area contributed by atoms with Gasteiger partial charge >= 0.3 is 0 Å². The van der Waals surface area contributed by atoms with E-state index < -0.39 is 0 Å². The molecule has 3 aromatic rings. The average molecular weight is 426 g/mol. The predicted molar refractivity (Wildman–Crippen MR) is 133 cm³/mol. The molecule has 1 heterocycles. The molecule has 1 aromatic heterocycles. The third-order valence-electron chi connectivity index (χ3n) is 5.38. The monoisotopic (exact) mass is 425 g/mol. The molecular formula is C28H31N3O. The summed E-state index contributed by atoms with van der Waals surface area (Å²) in [5, 5.41) is 8.15. The van der Waals surface area contributed by atoms with Crippen LogP contribution in [0.25, 0.3) is 17.0 Å². The molecular weight excluding hydrogens is 394 g/mol. The lowest BCUT2D eigenvalue weighted by Crippen LogP contribution is -2.29. The van der Waals surface area contributed by atoms with E-state index in [0.717, 1.165) is 28.9 Å². The zero-order valence-electron chi connectivity index (χ0n) is 19.1. The van der Waals surface area contributed by atoms with Gasteiger partial charge in [-0.3, -0.25) is 4.79 Å². The van der Waals surface area contributed by atoms with Crippen LogP contribution in [0.4, 0.5) is 0 Å². The van der Waals surface area contributed by atoms with Gasteiger partial charge in [0.25, 0.3) is 5.91 Å². The van der Waals surface area contributed by atoms with Crippen LogP contribution in [-0.4, -0.2) is 15.7 Å². The van der Waals surface area contributed by atoms with Crippen LogP contribution >= 0.6 is 0 Å². The van der Waals surface area contributed by atoms with Crippen LogP contribution in [0.5, 0.6) is 0 Å². The number of hydrogen-bond donors (Lipinski definition) is 1. The summed E-state index contributed by atoms with van der Waals surface area (Å²) in [6.07, 6.45) is 9.04. The van der Waals surface area contributed by atoms with Gasteiger partial charge in [-0.25, -0.2) is 4.68 Å². The van der Waals surface area contributed by atoms with Crippen LogP contribution in [0.2, 0.25) is 0 Å². The first kappa shape index (κ1) is 23.0. The maximum atomic E-state index is 13.7. The summed E-state index contributed by atoms with van der Waals surface area (Å²) in [6, 6.07) is 19.9. The molecule has 0 radical (unpaired) electrons. The van der Waals surface area contributed by atoms with Gasteiger partial charge in [0.05, 0.1) is 23.0 Å². The highest BCUT2D eigenvalue weighted by Crippen LogP contribution is 2.29. The maximum Gasteiger partial charge on any atom is 0.255 e. The van der Waals surface area contributed by atoms with E-state index in [1.165, 1.54) is 0 Å².